The highest BCUT2D eigenvalue weighted by atomic mass is 79.9. The number of hydrogen-bond donors (Lipinski definition) is 0. The normalized spacial score (nSPS) is 11.8. The summed E-state index contributed by atoms with van der Waals surface area (Å²) < 4.78 is 67.5. The first-order valence-electron chi connectivity index (χ1n) is 5.37. The van der Waals surface area contributed by atoms with E-state index in [9.17, 15) is 26.7 Å². The number of carbonyl (C=O) groups is 1. The van der Waals surface area contributed by atoms with Gasteiger partial charge in [0.15, 0.2) is 0 Å². The van der Waals surface area contributed by atoms with Crippen LogP contribution in [0.2, 0.25) is 0 Å². The third-order valence-electron chi connectivity index (χ3n) is 2.23. The molecule has 9 heteroatoms. The van der Waals surface area contributed by atoms with Gasteiger partial charge in [0.25, 0.3) is 6.43 Å². The molecule has 0 N–H and O–H groups in total. The fourth-order valence-corrected chi connectivity index (χ4v) is 1.92. The third-order valence-corrected chi connectivity index (χ3v) is 2.86. The summed E-state index contributed by atoms with van der Waals surface area (Å²) in [4.78, 5) is 14.3. The van der Waals surface area contributed by atoms with Gasteiger partial charge in [-0.05, 0) is 34.5 Å². The Morgan fingerprint density at radius 1 is 1.45 bits per heavy atom. The molecule has 0 radical (unpaired) electrons. The van der Waals surface area contributed by atoms with Crippen molar-refractivity contribution < 1.29 is 31.5 Å². The number of rotatable bonds is 4. The summed E-state index contributed by atoms with van der Waals surface area (Å²) in [5.41, 5.74) is -2.74. The van der Waals surface area contributed by atoms with E-state index in [4.69, 9.17) is 0 Å². The second kappa shape index (κ2) is 6.47. The Kier molecular flexibility index (Phi) is 5.43. The Morgan fingerprint density at radius 3 is 2.50 bits per heavy atom. The largest absolute Gasteiger partial charge is 0.466 e. The average Bonchev–Trinajstić information content (AvgIpc) is 2.29. The van der Waals surface area contributed by atoms with Crippen molar-refractivity contribution in [2.75, 3.05) is 6.61 Å². The van der Waals surface area contributed by atoms with Crippen molar-refractivity contribution in [2.45, 2.75) is 25.9 Å². The van der Waals surface area contributed by atoms with Crippen molar-refractivity contribution in [3.8, 4) is 0 Å². The minimum atomic E-state index is -4.86. The van der Waals surface area contributed by atoms with Gasteiger partial charge in [-0.2, -0.15) is 13.2 Å². The minimum absolute atomic E-state index is 0.0220. The maximum absolute atomic E-state index is 12.8. The molecule has 0 saturated heterocycles. The highest BCUT2D eigenvalue weighted by Gasteiger charge is 2.37. The number of ether oxygens (including phenoxy) is 1. The van der Waals surface area contributed by atoms with Crippen molar-refractivity contribution in [1.29, 1.82) is 0 Å². The highest BCUT2D eigenvalue weighted by molar-refractivity contribution is 9.10. The number of pyridine rings is 1. The van der Waals surface area contributed by atoms with Crippen LogP contribution in [0.4, 0.5) is 22.0 Å². The molecular formula is C11H9BrF5NO2. The average molecular weight is 362 g/mol. The van der Waals surface area contributed by atoms with Gasteiger partial charge < -0.3 is 4.74 Å². The number of nitrogens with zero attached hydrogens (tertiary/aromatic N) is 1. The van der Waals surface area contributed by atoms with Crippen LogP contribution < -0.4 is 0 Å². The van der Waals surface area contributed by atoms with E-state index >= 15 is 0 Å². The molecule has 0 fully saturated rings. The van der Waals surface area contributed by atoms with Gasteiger partial charge in [-0.3, -0.25) is 4.79 Å². The number of aromatic nitrogens is 1. The minimum Gasteiger partial charge on any atom is -0.466 e. The molecule has 0 aliphatic carbocycles. The lowest BCUT2D eigenvalue weighted by molar-refractivity contribution is -0.144. The van der Waals surface area contributed by atoms with Crippen LogP contribution in [0.25, 0.3) is 0 Å². The lowest BCUT2D eigenvalue weighted by atomic mass is 10.1. The van der Waals surface area contributed by atoms with E-state index in [0.717, 1.165) is 0 Å². The summed E-state index contributed by atoms with van der Waals surface area (Å²) in [6.07, 6.45) is -8.65. The Hall–Kier alpha value is -1.25. The van der Waals surface area contributed by atoms with Crippen molar-refractivity contribution in [1.82, 2.24) is 4.98 Å². The molecule has 3 nitrogen and oxygen atoms in total. The van der Waals surface area contributed by atoms with Gasteiger partial charge in [0.05, 0.1) is 18.6 Å². The zero-order chi connectivity index (χ0) is 15.5. The molecule has 0 atom stereocenters. The van der Waals surface area contributed by atoms with Crippen LogP contribution >= 0.6 is 15.9 Å². The van der Waals surface area contributed by atoms with Gasteiger partial charge in [0.2, 0.25) is 0 Å². The second-order valence-electron chi connectivity index (χ2n) is 3.66. The van der Waals surface area contributed by atoms with E-state index in [1.54, 1.807) is 0 Å². The van der Waals surface area contributed by atoms with Crippen molar-refractivity contribution in [2.24, 2.45) is 0 Å². The number of halogens is 6. The van der Waals surface area contributed by atoms with E-state index < -0.39 is 46.4 Å². The van der Waals surface area contributed by atoms with E-state index in [1.165, 1.54) is 6.92 Å². The molecule has 20 heavy (non-hydrogen) atoms. The van der Waals surface area contributed by atoms with Crippen LogP contribution in [0.1, 0.15) is 30.2 Å². The molecular weight excluding hydrogens is 353 g/mol. The molecule has 0 saturated carbocycles. The van der Waals surface area contributed by atoms with Gasteiger partial charge in [0, 0.05) is 0 Å². The molecule has 0 amide bonds. The SMILES string of the molecule is CCOC(=O)Cc1cc(C(F)F)c(Br)nc1C(F)(F)F. The maximum atomic E-state index is 12.8. The van der Waals surface area contributed by atoms with Gasteiger partial charge in [-0.1, -0.05) is 0 Å². The fourth-order valence-electron chi connectivity index (χ4n) is 1.45. The predicted molar refractivity (Wildman–Crippen MR) is 62.2 cm³/mol. The van der Waals surface area contributed by atoms with Crippen LogP contribution in [0.15, 0.2) is 10.7 Å². The number of carbonyl (C=O) groups excluding carboxylic acids is 1. The summed E-state index contributed by atoms with van der Waals surface area (Å²) in [7, 11) is 0. The van der Waals surface area contributed by atoms with Gasteiger partial charge >= 0.3 is 12.1 Å². The summed E-state index contributed by atoms with van der Waals surface area (Å²) in [6, 6.07) is 0.613. The summed E-state index contributed by atoms with van der Waals surface area (Å²) in [6.45, 7) is 1.46. The number of hydrogen-bond acceptors (Lipinski definition) is 3. The Labute approximate surface area is 119 Å². The summed E-state index contributed by atoms with van der Waals surface area (Å²) in [5.74, 6) is -0.942. The quantitative estimate of drug-likeness (QED) is 0.463. The smallest absolute Gasteiger partial charge is 0.433 e. The zero-order valence-electron chi connectivity index (χ0n) is 10.1. The van der Waals surface area contributed by atoms with Crippen LogP contribution in [-0.2, 0) is 22.1 Å². The summed E-state index contributed by atoms with van der Waals surface area (Å²) >= 11 is 2.56. The van der Waals surface area contributed by atoms with Crippen LogP contribution in [0.3, 0.4) is 0 Å². The highest BCUT2D eigenvalue weighted by Crippen LogP contribution is 2.35. The zero-order valence-corrected chi connectivity index (χ0v) is 11.7. The van der Waals surface area contributed by atoms with Crippen LogP contribution in [0.5, 0.6) is 0 Å². The van der Waals surface area contributed by atoms with E-state index in [2.05, 4.69) is 25.7 Å². The first-order valence-corrected chi connectivity index (χ1v) is 6.16. The number of alkyl halides is 5. The first kappa shape index (κ1) is 16.8. The molecule has 0 unspecified atom stereocenters. The molecule has 1 rings (SSSR count). The summed E-state index contributed by atoms with van der Waals surface area (Å²) in [5, 5.41) is 0. The van der Waals surface area contributed by atoms with E-state index in [0.29, 0.717) is 6.07 Å². The standard InChI is InChI=1S/C11H9BrF5NO2/c1-2-20-7(19)4-5-3-6(10(13)14)9(12)18-8(5)11(15,16)17/h3,10H,2,4H2,1H3. The lowest BCUT2D eigenvalue weighted by Gasteiger charge is -2.14. The molecule has 1 heterocycles. The molecule has 0 aliphatic heterocycles. The van der Waals surface area contributed by atoms with E-state index in [-0.39, 0.29) is 6.61 Å². The van der Waals surface area contributed by atoms with Gasteiger partial charge in [-0.25, -0.2) is 13.8 Å². The van der Waals surface area contributed by atoms with Crippen molar-refractivity contribution in [3.63, 3.8) is 0 Å². The molecule has 1 aromatic heterocycles. The maximum Gasteiger partial charge on any atom is 0.433 e. The first-order chi connectivity index (χ1) is 9.16. The molecule has 0 spiro atoms. The lowest BCUT2D eigenvalue weighted by Crippen LogP contribution is -2.17. The van der Waals surface area contributed by atoms with Gasteiger partial charge in [-0.15, -0.1) is 0 Å². The second-order valence-corrected chi connectivity index (χ2v) is 4.41. The Balaban J connectivity index is 3.29. The topological polar surface area (TPSA) is 39.2 Å². The third kappa shape index (κ3) is 4.12. The van der Waals surface area contributed by atoms with Crippen LogP contribution in [0, 0.1) is 0 Å². The number of esters is 1. The Morgan fingerprint density at radius 2 is 2.05 bits per heavy atom. The Bertz CT molecular complexity index is 504. The van der Waals surface area contributed by atoms with Crippen molar-refractivity contribution >= 4 is 21.9 Å². The monoisotopic (exact) mass is 361 g/mol. The predicted octanol–water partition coefficient (Wildman–Crippen LogP) is 3.91. The fraction of sp³-hybridized carbons (Fsp3) is 0.455. The molecule has 1 aromatic rings. The molecule has 0 aromatic carbocycles. The van der Waals surface area contributed by atoms with Crippen molar-refractivity contribution in [3.05, 3.63) is 27.5 Å². The van der Waals surface area contributed by atoms with Gasteiger partial charge in [0.1, 0.15) is 10.3 Å². The van der Waals surface area contributed by atoms with Crippen LogP contribution in [-0.4, -0.2) is 17.6 Å². The molecule has 0 bridgehead atoms. The molecule has 112 valence electrons. The molecule has 0 aliphatic rings. The van der Waals surface area contributed by atoms with E-state index in [1.807, 2.05) is 0 Å².